The SMILES string of the molecule is C#CCC(N)C(=O)Cc1cccc(OC)c1. The smallest absolute Gasteiger partial charge is 0.154 e. The lowest BCUT2D eigenvalue weighted by atomic mass is 10.0. The summed E-state index contributed by atoms with van der Waals surface area (Å²) in [6.07, 6.45) is 5.68. The van der Waals surface area contributed by atoms with Crippen LogP contribution in [0.4, 0.5) is 0 Å². The van der Waals surface area contributed by atoms with Crippen LogP contribution in [0.2, 0.25) is 0 Å². The largest absolute Gasteiger partial charge is 0.497 e. The van der Waals surface area contributed by atoms with Crippen LogP contribution in [0.5, 0.6) is 5.75 Å². The van der Waals surface area contributed by atoms with Gasteiger partial charge >= 0.3 is 0 Å². The molecular formula is C13H15NO2. The van der Waals surface area contributed by atoms with Gasteiger partial charge in [0.25, 0.3) is 0 Å². The Kier molecular flexibility index (Phi) is 4.56. The monoisotopic (exact) mass is 217 g/mol. The number of nitrogens with two attached hydrogens (primary N) is 1. The summed E-state index contributed by atoms with van der Waals surface area (Å²) in [6.45, 7) is 0. The van der Waals surface area contributed by atoms with Crippen molar-refractivity contribution < 1.29 is 9.53 Å². The van der Waals surface area contributed by atoms with Gasteiger partial charge in [-0.05, 0) is 17.7 Å². The third kappa shape index (κ3) is 3.41. The molecule has 0 aliphatic rings. The molecule has 0 amide bonds. The zero-order valence-electron chi connectivity index (χ0n) is 9.27. The van der Waals surface area contributed by atoms with Crippen LogP contribution >= 0.6 is 0 Å². The molecule has 1 atom stereocenters. The summed E-state index contributed by atoms with van der Waals surface area (Å²) in [5.41, 5.74) is 6.51. The number of Topliss-reactive ketones (excluding diaryl/α,β-unsaturated/α-hetero) is 1. The second-order valence-electron chi connectivity index (χ2n) is 3.51. The number of ether oxygens (including phenoxy) is 1. The quantitative estimate of drug-likeness (QED) is 0.753. The lowest BCUT2D eigenvalue weighted by Gasteiger charge is -2.08. The Morgan fingerprint density at radius 3 is 3.00 bits per heavy atom. The van der Waals surface area contributed by atoms with E-state index in [-0.39, 0.29) is 12.2 Å². The van der Waals surface area contributed by atoms with Crippen LogP contribution in [0.25, 0.3) is 0 Å². The predicted molar refractivity (Wildman–Crippen MR) is 63.1 cm³/mol. The van der Waals surface area contributed by atoms with Gasteiger partial charge in [-0.15, -0.1) is 12.3 Å². The lowest BCUT2D eigenvalue weighted by molar-refractivity contribution is -0.119. The fraction of sp³-hybridized carbons (Fsp3) is 0.308. The Morgan fingerprint density at radius 2 is 2.38 bits per heavy atom. The van der Waals surface area contributed by atoms with Gasteiger partial charge in [0, 0.05) is 12.8 Å². The third-order valence-corrected chi connectivity index (χ3v) is 2.26. The zero-order valence-corrected chi connectivity index (χ0v) is 9.27. The van der Waals surface area contributed by atoms with Crippen molar-refractivity contribution in [3.05, 3.63) is 29.8 Å². The van der Waals surface area contributed by atoms with Crippen LogP contribution in [0.15, 0.2) is 24.3 Å². The third-order valence-electron chi connectivity index (χ3n) is 2.26. The van der Waals surface area contributed by atoms with E-state index in [1.807, 2.05) is 24.3 Å². The molecule has 2 N–H and O–H groups in total. The fourth-order valence-corrected chi connectivity index (χ4v) is 1.36. The number of rotatable bonds is 5. The molecule has 0 aliphatic heterocycles. The molecule has 84 valence electrons. The van der Waals surface area contributed by atoms with E-state index < -0.39 is 6.04 Å². The highest BCUT2D eigenvalue weighted by Gasteiger charge is 2.12. The zero-order chi connectivity index (χ0) is 12.0. The average Bonchev–Trinajstić information content (AvgIpc) is 2.29. The molecule has 0 spiro atoms. The Balaban J connectivity index is 2.66. The number of hydrogen-bond acceptors (Lipinski definition) is 3. The van der Waals surface area contributed by atoms with Crippen molar-refractivity contribution in [3.8, 4) is 18.1 Å². The number of carbonyl (C=O) groups is 1. The first-order chi connectivity index (χ1) is 7.67. The molecule has 0 heterocycles. The van der Waals surface area contributed by atoms with Gasteiger partial charge < -0.3 is 10.5 Å². The van der Waals surface area contributed by atoms with Gasteiger partial charge in [0.2, 0.25) is 0 Å². The molecule has 1 aromatic rings. The van der Waals surface area contributed by atoms with Crippen LogP contribution in [-0.2, 0) is 11.2 Å². The number of carbonyl (C=O) groups excluding carboxylic acids is 1. The van der Waals surface area contributed by atoms with Crippen LogP contribution in [0, 0.1) is 12.3 Å². The van der Waals surface area contributed by atoms with E-state index in [2.05, 4.69) is 5.92 Å². The molecule has 16 heavy (non-hydrogen) atoms. The highest BCUT2D eigenvalue weighted by atomic mass is 16.5. The molecule has 3 nitrogen and oxygen atoms in total. The maximum atomic E-state index is 11.6. The standard InChI is InChI=1S/C13H15NO2/c1-3-5-12(14)13(15)9-10-6-4-7-11(8-10)16-2/h1,4,6-8,12H,5,9,14H2,2H3. The second-order valence-corrected chi connectivity index (χ2v) is 3.51. The second kappa shape index (κ2) is 5.94. The Labute approximate surface area is 95.6 Å². The number of benzene rings is 1. The molecule has 1 rings (SSSR count). The molecule has 3 heteroatoms. The first kappa shape index (κ1) is 12.3. The van der Waals surface area contributed by atoms with Gasteiger partial charge in [-0.2, -0.15) is 0 Å². The van der Waals surface area contributed by atoms with Crippen molar-refractivity contribution in [2.24, 2.45) is 5.73 Å². The van der Waals surface area contributed by atoms with Crippen LogP contribution in [0.1, 0.15) is 12.0 Å². The molecule has 0 aromatic heterocycles. The van der Waals surface area contributed by atoms with Crippen molar-refractivity contribution >= 4 is 5.78 Å². The van der Waals surface area contributed by atoms with Gasteiger partial charge in [-0.25, -0.2) is 0 Å². The van der Waals surface area contributed by atoms with E-state index in [4.69, 9.17) is 16.9 Å². The van der Waals surface area contributed by atoms with Crippen LogP contribution < -0.4 is 10.5 Å². The summed E-state index contributed by atoms with van der Waals surface area (Å²) in [4.78, 5) is 11.6. The minimum atomic E-state index is -0.573. The maximum Gasteiger partial charge on any atom is 0.154 e. The minimum Gasteiger partial charge on any atom is -0.497 e. The number of ketones is 1. The van der Waals surface area contributed by atoms with E-state index in [0.717, 1.165) is 11.3 Å². The van der Waals surface area contributed by atoms with E-state index in [1.165, 1.54) is 0 Å². The van der Waals surface area contributed by atoms with Gasteiger partial charge in [0.05, 0.1) is 13.2 Å². The normalized spacial score (nSPS) is 11.6. The van der Waals surface area contributed by atoms with E-state index >= 15 is 0 Å². The molecule has 0 saturated heterocycles. The molecule has 1 aromatic carbocycles. The molecule has 0 bridgehead atoms. The van der Waals surface area contributed by atoms with E-state index in [0.29, 0.717) is 6.42 Å². The molecular weight excluding hydrogens is 202 g/mol. The fourth-order valence-electron chi connectivity index (χ4n) is 1.36. The maximum absolute atomic E-state index is 11.6. The number of hydrogen-bond donors (Lipinski definition) is 1. The van der Waals surface area contributed by atoms with Crippen molar-refractivity contribution in [1.82, 2.24) is 0 Å². The Morgan fingerprint density at radius 1 is 1.62 bits per heavy atom. The lowest BCUT2D eigenvalue weighted by Crippen LogP contribution is -2.31. The molecule has 0 fully saturated rings. The summed E-state index contributed by atoms with van der Waals surface area (Å²) in [7, 11) is 1.59. The van der Waals surface area contributed by atoms with E-state index in [9.17, 15) is 4.79 Å². The summed E-state index contributed by atoms with van der Waals surface area (Å²) >= 11 is 0. The summed E-state index contributed by atoms with van der Waals surface area (Å²) in [6, 6.07) is 6.78. The minimum absolute atomic E-state index is 0.0498. The van der Waals surface area contributed by atoms with Crippen molar-refractivity contribution in [2.45, 2.75) is 18.9 Å². The van der Waals surface area contributed by atoms with Gasteiger partial charge in [0.1, 0.15) is 5.75 Å². The predicted octanol–water partition coefficient (Wildman–Crippen LogP) is 1.16. The highest BCUT2D eigenvalue weighted by molar-refractivity contribution is 5.86. The van der Waals surface area contributed by atoms with Crippen molar-refractivity contribution in [1.29, 1.82) is 0 Å². The molecule has 0 radical (unpaired) electrons. The molecule has 0 aliphatic carbocycles. The first-order valence-corrected chi connectivity index (χ1v) is 5.02. The van der Waals surface area contributed by atoms with Crippen LogP contribution in [-0.4, -0.2) is 18.9 Å². The molecule has 0 saturated carbocycles. The highest BCUT2D eigenvalue weighted by Crippen LogP contribution is 2.13. The molecule has 1 unspecified atom stereocenters. The van der Waals surface area contributed by atoms with E-state index in [1.54, 1.807) is 7.11 Å². The van der Waals surface area contributed by atoms with Crippen molar-refractivity contribution in [2.75, 3.05) is 7.11 Å². The van der Waals surface area contributed by atoms with Crippen molar-refractivity contribution in [3.63, 3.8) is 0 Å². The first-order valence-electron chi connectivity index (χ1n) is 5.02. The summed E-state index contributed by atoms with van der Waals surface area (Å²) < 4.78 is 5.07. The van der Waals surface area contributed by atoms with Gasteiger partial charge in [-0.1, -0.05) is 12.1 Å². The topological polar surface area (TPSA) is 52.3 Å². The Bertz CT molecular complexity index is 407. The van der Waals surface area contributed by atoms with Gasteiger partial charge in [0.15, 0.2) is 5.78 Å². The van der Waals surface area contributed by atoms with Crippen LogP contribution in [0.3, 0.4) is 0 Å². The van der Waals surface area contributed by atoms with Gasteiger partial charge in [-0.3, -0.25) is 4.79 Å². The summed E-state index contributed by atoms with van der Waals surface area (Å²) in [5.74, 6) is 3.07. The number of methoxy groups -OCH3 is 1. The summed E-state index contributed by atoms with van der Waals surface area (Å²) in [5, 5.41) is 0. The average molecular weight is 217 g/mol. The number of terminal acetylenes is 1. The Hall–Kier alpha value is -1.79.